The number of ether oxygens (including phenoxy) is 1. The maximum atomic E-state index is 11.4. The monoisotopic (exact) mass is 256 g/mol. The van der Waals surface area contributed by atoms with Crippen LogP contribution in [0.2, 0.25) is 0 Å². The van der Waals surface area contributed by atoms with Crippen LogP contribution in [-0.2, 0) is 9.53 Å². The molecular weight excluding hydrogens is 232 g/mol. The highest BCUT2D eigenvalue weighted by Gasteiger charge is 2.23. The van der Waals surface area contributed by atoms with Crippen LogP contribution in [0.4, 0.5) is 4.79 Å². The Balaban J connectivity index is 2.23. The lowest BCUT2D eigenvalue weighted by Gasteiger charge is -2.29. The molecule has 1 aliphatic rings. The lowest BCUT2D eigenvalue weighted by Crippen LogP contribution is -2.44. The lowest BCUT2D eigenvalue weighted by molar-refractivity contribution is -0.121. The predicted molar refractivity (Wildman–Crippen MR) is 69.2 cm³/mol. The second-order valence-electron chi connectivity index (χ2n) is 5.07. The van der Waals surface area contributed by atoms with E-state index in [0.29, 0.717) is 6.42 Å². The first-order valence-electron chi connectivity index (χ1n) is 6.77. The van der Waals surface area contributed by atoms with Gasteiger partial charge >= 0.3 is 6.09 Å². The summed E-state index contributed by atoms with van der Waals surface area (Å²) in [6, 6.07) is 0.433. The molecule has 0 heterocycles. The van der Waals surface area contributed by atoms with E-state index in [9.17, 15) is 9.59 Å². The Kier molecular flexibility index (Phi) is 5.95. The van der Waals surface area contributed by atoms with Crippen LogP contribution >= 0.6 is 0 Å². The number of nitrogens with one attached hydrogen (secondary N) is 2. The summed E-state index contributed by atoms with van der Waals surface area (Å²) >= 11 is 0. The van der Waals surface area contributed by atoms with E-state index in [2.05, 4.69) is 10.6 Å². The van der Waals surface area contributed by atoms with E-state index in [1.54, 1.807) is 0 Å². The summed E-state index contributed by atoms with van der Waals surface area (Å²) in [6.07, 6.45) is 3.70. The zero-order valence-corrected chi connectivity index (χ0v) is 11.5. The van der Waals surface area contributed by atoms with E-state index in [4.69, 9.17) is 4.74 Å². The molecule has 0 aromatic rings. The van der Waals surface area contributed by atoms with Gasteiger partial charge in [-0.1, -0.05) is 6.92 Å². The van der Waals surface area contributed by atoms with Crippen molar-refractivity contribution in [1.82, 2.24) is 10.6 Å². The minimum Gasteiger partial charge on any atom is -0.447 e. The quantitative estimate of drug-likeness (QED) is 0.808. The number of hydrogen-bond acceptors (Lipinski definition) is 3. The molecular formula is C13H24N2O3. The molecule has 0 atom stereocenters. The number of carbonyl (C=O) groups is 2. The number of rotatable bonds is 4. The van der Waals surface area contributed by atoms with Crippen LogP contribution < -0.4 is 10.6 Å². The summed E-state index contributed by atoms with van der Waals surface area (Å²) < 4.78 is 5.04. The SMILES string of the molecule is CCC(=O)N[C@H]1CC[C@H](NC(=O)OC(C)C)CC1. The molecule has 0 aromatic heterocycles. The lowest BCUT2D eigenvalue weighted by atomic mass is 9.91. The average molecular weight is 256 g/mol. The number of hydrogen-bond donors (Lipinski definition) is 2. The minimum absolute atomic E-state index is 0.0924. The molecule has 1 aliphatic carbocycles. The van der Waals surface area contributed by atoms with Crippen LogP contribution in [0, 0.1) is 0 Å². The van der Waals surface area contributed by atoms with Crippen LogP contribution in [-0.4, -0.2) is 30.2 Å². The smallest absolute Gasteiger partial charge is 0.407 e. The van der Waals surface area contributed by atoms with Crippen LogP contribution in [0.3, 0.4) is 0 Å². The van der Waals surface area contributed by atoms with Crippen molar-refractivity contribution in [2.45, 2.75) is 71.1 Å². The molecule has 0 aromatic carbocycles. The summed E-state index contributed by atoms with van der Waals surface area (Å²) in [5.74, 6) is 0.102. The topological polar surface area (TPSA) is 67.4 Å². The molecule has 0 aliphatic heterocycles. The van der Waals surface area contributed by atoms with Gasteiger partial charge in [-0.25, -0.2) is 4.79 Å². The molecule has 1 rings (SSSR count). The number of amides is 2. The highest BCUT2D eigenvalue weighted by molar-refractivity contribution is 5.75. The highest BCUT2D eigenvalue weighted by atomic mass is 16.6. The maximum Gasteiger partial charge on any atom is 0.407 e. The molecule has 0 spiro atoms. The van der Waals surface area contributed by atoms with Crippen molar-refractivity contribution in [2.75, 3.05) is 0 Å². The fourth-order valence-electron chi connectivity index (χ4n) is 2.13. The van der Waals surface area contributed by atoms with Crippen molar-refractivity contribution in [3.8, 4) is 0 Å². The van der Waals surface area contributed by atoms with Gasteiger partial charge < -0.3 is 15.4 Å². The van der Waals surface area contributed by atoms with Crippen molar-refractivity contribution in [2.24, 2.45) is 0 Å². The molecule has 104 valence electrons. The van der Waals surface area contributed by atoms with Gasteiger partial charge in [0.2, 0.25) is 5.91 Å². The van der Waals surface area contributed by atoms with Gasteiger partial charge in [-0.3, -0.25) is 4.79 Å². The van der Waals surface area contributed by atoms with Gasteiger partial charge in [-0.05, 0) is 39.5 Å². The Hall–Kier alpha value is -1.26. The van der Waals surface area contributed by atoms with E-state index < -0.39 is 0 Å². The molecule has 1 saturated carbocycles. The molecule has 5 nitrogen and oxygen atoms in total. The third-order valence-corrected chi connectivity index (χ3v) is 3.08. The van der Waals surface area contributed by atoms with Crippen LogP contribution in [0.25, 0.3) is 0 Å². The summed E-state index contributed by atoms with van der Waals surface area (Å²) in [5.41, 5.74) is 0. The van der Waals surface area contributed by atoms with E-state index in [-0.39, 0.29) is 30.2 Å². The van der Waals surface area contributed by atoms with E-state index >= 15 is 0 Å². The predicted octanol–water partition coefficient (Wildman–Crippen LogP) is 1.96. The third-order valence-electron chi connectivity index (χ3n) is 3.08. The largest absolute Gasteiger partial charge is 0.447 e. The van der Waals surface area contributed by atoms with Crippen LogP contribution in [0.15, 0.2) is 0 Å². The first-order chi connectivity index (χ1) is 8.51. The maximum absolute atomic E-state index is 11.4. The van der Waals surface area contributed by atoms with Gasteiger partial charge in [-0.15, -0.1) is 0 Å². The molecule has 18 heavy (non-hydrogen) atoms. The Labute approximate surface area is 109 Å². The van der Waals surface area contributed by atoms with E-state index in [1.165, 1.54) is 0 Å². The van der Waals surface area contributed by atoms with Gasteiger partial charge in [0.15, 0.2) is 0 Å². The Morgan fingerprint density at radius 3 is 2.06 bits per heavy atom. The molecule has 5 heteroatoms. The first-order valence-corrected chi connectivity index (χ1v) is 6.77. The van der Waals surface area contributed by atoms with Gasteiger partial charge in [0, 0.05) is 18.5 Å². The van der Waals surface area contributed by atoms with Crippen molar-refractivity contribution >= 4 is 12.0 Å². The second kappa shape index (κ2) is 7.24. The van der Waals surface area contributed by atoms with Crippen molar-refractivity contribution in [3.05, 3.63) is 0 Å². The zero-order chi connectivity index (χ0) is 13.5. The second-order valence-corrected chi connectivity index (χ2v) is 5.07. The Bertz CT molecular complexity index is 284. The van der Waals surface area contributed by atoms with Gasteiger partial charge in [0.25, 0.3) is 0 Å². The Morgan fingerprint density at radius 2 is 1.61 bits per heavy atom. The zero-order valence-electron chi connectivity index (χ0n) is 11.5. The molecule has 1 fully saturated rings. The average Bonchev–Trinajstić information content (AvgIpc) is 2.30. The normalized spacial score (nSPS) is 23.6. The summed E-state index contributed by atoms with van der Waals surface area (Å²) in [6.45, 7) is 5.51. The molecule has 0 radical (unpaired) electrons. The number of carbonyl (C=O) groups excluding carboxylic acids is 2. The van der Waals surface area contributed by atoms with E-state index in [0.717, 1.165) is 25.7 Å². The van der Waals surface area contributed by atoms with Crippen molar-refractivity contribution in [1.29, 1.82) is 0 Å². The summed E-state index contributed by atoms with van der Waals surface area (Å²) in [4.78, 5) is 22.7. The molecule has 0 saturated heterocycles. The van der Waals surface area contributed by atoms with Crippen molar-refractivity contribution < 1.29 is 14.3 Å². The third kappa shape index (κ3) is 5.38. The standard InChI is InChI=1S/C13H24N2O3/c1-4-12(16)14-10-5-7-11(8-6-10)15-13(17)18-9(2)3/h9-11H,4-8H2,1-3H3,(H,14,16)(H,15,17)/t10-,11-. The molecule has 2 N–H and O–H groups in total. The molecule has 2 amide bonds. The molecule has 0 bridgehead atoms. The van der Waals surface area contributed by atoms with E-state index in [1.807, 2.05) is 20.8 Å². The molecule has 0 unspecified atom stereocenters. The van der Waals surface area contributed by atoms with Crippen LogP contribution in [0.1, 0.15) is 52.9 Å². The van der Waals surface area contributed by atoms with Gasteiger partial charge in [-0.2, -0.15) is 0 Å². The minimum atomic E-state index is -0.342. The van der Waals surface area contributed by atoms with Gasteiger partial charge in [0.05, 0.1) is 6.10 Å². The van der Waals surface area contributed by atoms with Gasteiger partial charge in [0.1, 0.15) is 0 Å². The van der Waals surface area contributed by atoms with Crippen molar-refractivity contribution in [3.63, 3.8) is 0 Å². The first kappa shape index (κ1) is 14.8. The summed E-state index contributed by atoms with van der Waals surface area (Å²) in [7, 11) is 0. The highest BCUT2D eigenvalue weighted by Crippen LogP contribution is 2.18. The fraction of sp³-hybridized carbons (Fsp3) is 0.846. The Morgan fingerprint density at radius 1 is 1.11 bits per heavy atom. The summed E-state index contributed by atoms with van der Waals surface area (Å²) in [5, 5.41) is 5.86. The number of alkyl carbamates (subject to hydrolysis) is 1. The fourth-order valence-corrected chi connectivity index (χ4v) is 2.13. The van der Waals surface area contributed by atoms with Crippen LogP contribution in [0.5, 0.6) is 0 Å².